The van der Waals surface area contributed by atoms with E-state index < -0.39 is 18.1 Å². The third-order valence-electron chi connectivity index (χ3n) is 7.22. The van der Waals surface area contributed by atoms with E-state index in [1.165, 1.54) is 0 Å². The van der Waals surface area contributed by atoms with Gasteiger partial charge in [0.1, 0.15) is 17.2 Å². The van der Waals surface area contributed by atoms with Crippen LogP contribution in [0.2, 0.25) is 5.02 Å². The quantitative estimate of drug-likeness (QED) is 0.703. The third kappa shape index (κ3) is 4.15. The molecule has 2 aromatic rings. The van der Waals surface area contributed by atoms with Gasteiger partial charge in [-0.15, -0.1) is 0 Å². The fourth-order valence-electron chi connectivity index (χ4n) is 5.29. The number of benzene rings is 1. The van der Waals surface area contributed by atoms with Gasteiger partial charge in [-0.2, -0.15) is 13.2 Å². The number of alkyl halides is 3. The van der Waals surface area contributed by atoms with Crippen LogP contribution in [-0.4, -0.2) is 63.9 Å². The number of halogens is 4. The summed E-state index contributed by atoms with van der Waals surface area (Å²) < 4.78 is 46.1. The van der Waals surface area contributed by atoms with Crippen LogP contribution in [0.25, 0.3) is 0 Å². The Kier molecular flexibility index (Phi) is 5.49. The molecular formula is C23H26ClF3N4O2. The van der Waals surface area contributed by atoms with E-state index in [0.29, 0.717) is 22.8 Å². The maximum atomic E-state index is 13.3. The SMILES string of the molecule is Cc1nc(C(F)(F)F)nc(N2CC(N3CCC4(CC3)Cc3cc(Cl)ccc3O4)[C@H](O)C2)c1C. The minimum absolute atomic E-state index is 0.176. The van der Waals surface area contributed by atoms with Crippen LogP contribution in [0.3, 0.4) is 0 Å². The standard InChI is InChI=1S/C23H26ClF3N4O2/c1-13-14(2)28-21(23(25,26)27)29-20(13)31-11-17(18(32)12-31)30-7-5-22(6-8-30)10-15-9-16(24)3-4-19(15)33-22/h3-4,9,17-18,32H,5-8,10-12H2,1-2H3/t17?,18-/m1/s1. The number of aryl methyl sites for hydroxylation is 1. The summed E-state index contributed by atoms with van der Waals surface area (Å²) in [6, 6.07) is 5.53. The van der Waals surface area contributed by atoms with Crippen molar-refractivity contribution in [3.63, 3.8) is 0 Å². The third-order valence-corrected chi connectivity index (χ3v) is 7.45. The minimum Gasteiger partial charge on any atom is -0.487 e. The number of likely N-dealkylation sites (tertiary alicyclic amines) is 1. The number of aromatic nitrogens is 2. The van der Waals surface area contributed by atoms with Crippen molar-refractivity contribution in [3.05, 3.63) is 45.9 Å². The van der Waals surface area contributed by atoms with Crippen LogP contribution in [-0.2, 0) is 12.6 Å². The van der Waals surface area contributed by atoms with Gasteiger partial charge in [0.05, 0.1) is 12.1 Å². The highest BCUT2D eigenvalue weighted by Crippen LogP contribution is 2.42. The number of rotatable bonds is 2. The molecule has 0 bridgehead atoms. The Hall–Kier alpha value is -2.10. The van der Waals surface area contributed by atoms with Crippen molar-refractivity contribution in [2.24, 2.45) is 0 Å². The number of anilines is 1. The molecular weight excluding hydrogens is 457 g/mol. The van der Waals surface area contributed by atoms with E-state index in [2.05, 4.69) is 14.9 Å². The van der Waals surface area contributed by atoms with E-state index in [1.54, 1.807) is 18.7 Å². The first-order valence-corrected chi connectivity index (χ1v) is 11.5. The molecule has 6 nitrogen and oxygen atoms in total. The number of nitrogens with zero attached hydrogens (tertiary/aromatic N) is 4. The number of piperidine rings is 1. The molecule has 2 atom stereocenters. The number of β-amino-alcohol motifs (C(OH)–C–C–N with tert-alkyl or cyclic N) is 1. The lowest BCUT2D eigenvalue weighted by Crippen LogP contribution is -2.53. The van der Waals surface area contributed by atoms with E-state index in [1.807, 2.05) is 18.2 Å². The van der Waals surface area contributed by atoms with Crippen molar-refractivity contribution in [3.8, 4) is 5.75 Å². The summed E-state index contributed by atoms with van der Waals surface area (Å²) in [6.07, 6.45) is -2.85. The van der Waals surface area contributed by atoms with Crippen LogP contribution in [0, 0.1) is 13.8 Å². The number of aliphatic hydroxyl groups is 1. The lowest BCUT2D eigenvalue weighted by molar-refractivity contribution is -0.145. The molecule has 3 aliphatic rings. The summed E-state index contributed by atoms with van der Waals surface area (Å²) in [6.45, 7) is 5.41. The second kappa shape index (κ2) is 7.99. The summed E-state index contributed by atoms with van der Waals surface area (Å²) in [5.74, 6) is -0.0113. The van der Waals surface area contributed by atoms with Gasteiger partial charge in [-0.05, 0) is 37.6 Å². The molecule has 2 saturated heterocycles. The minimum atomic E-state index is -4.62. The molecule has 1 unspecified atom stereocenters. The van der Waals surface area contributed by atoms with Crippen molar-refractivity contribution >= 4 is 17.4 Å². The van der Waals surface area contributed by atoms with Crippen LogP contribution in [0.1, 0.15) is 35.5 Å². The maximum Gasteiger partial charge on any atom is 0.451 e. The zero-order valence-electron chi connectivity index (χ0n) is 18.5. The summed E-state index contributed by atoms with van der Waals surface area (Å²) in [4.78, 5) is 11.4. The fraction of sp³-hybridized carbons (Fsp3) is 0.565. The Labute approximate surface area is 195 Å². The van der Waals surface area contributed by atoms with Crippen molar-refractivity contribution in [1.82, 2.24) is 14.9 Å². The molecule has 1 N–H and O–H groups in total. The van der Waals surface area contributed by atoms with Crippen LogP contribution in [0.5, 0.6) is 5.75 Å². The van der Waals surface area contributed by atoms with Gasteiger partial charge in [0.25, 0.3) is 0 Å². The van der Waals surface area contributed by atoms with E-state index in [9.17, 15) is 18.3 Å². The first kappa shape index (κ1) is 22.7. The normalized spacial score (nSPS) is 24.9. The molecule has 3 aliphatic heterocycles. The molecule has 0 aliphatic carbocycles. The second-order valence-corrected chi connectivity index (χ2v) is 9.80. The van der Waals surface area contributed by atoms with Crippen LogP contribution >= 0.6 is 11.6 Å². The Balaban J connectivity index is 1.28. The van der Waals surface area contributed by atoms with Gasteiger partial charge in [-0.3, -0.25) is 4.90 Å². The van der Waals surface area contributed by atoms with E-state index >= 15 is 0 Å². The predicted molar refractivity (Wildman–Crippen MR) is 118 cm³/mol. The molecule has 1 aromatic heterocycles. The van der Waals surface area contributed by atoms with Crippen molar-refractivity contribution < 1.29 is 23.0 Å². The van der Waals surface area contributed by atoms with E-state index in [-0.39, 0.29) is 24.0 Å². The number of aliphatic hydroxyl groups excluding tert-OH is 1. The van der Waals surface area contributed by atoms with Gasteiger partial charge in [-0.25, -0.2) is 9.97 Å². The average Bonchev–Trinajstić information content (AvgIpc) is 3.29. The Morgan fingerprint density at radius 1 is 1.15 bits per heavy atom. The highest BCUT2D eigenvalue weighted by Gasteiger charge is 2.46. The summed E-state index contributed by atoms with van der Waals surface area (Å²) in [7, 11) is 0. The molecule has 1 spiro atoms. The fourth-order valence-corrected chi connectivity index (χ4v) is 5.49. The molecule has 5 rings (SSSR count). The number of ether oxygens (including phenoxy) is 1. The molecule has 2 fully saturated rings. The lowest BCUT2D eigenvalue weighted by atomic mass is 9.86. The van der Waals surface area contributed by atoms with Gasteiger partial charge in [0, 0.05) is 61.7 Å². The molecule has 1 aromatic carbocycles. The molecule has 0 amide bonds. The monoisotopic (exact) mass is 482 g/mol. The van der Waals surface area contributed by atoms with Crippen molar-refractivity contribution in [2.45, 2.75) is 57.0 Å². The zero-order valence-corrected chi connectivity index (χ0v) is 19.2. The van der Waals surface area contributed by atoms with Gasteiger partial charge < -0.3 is 14.7 Å². The first-order valence-electron chi connectivity index (χ1n) is 11.1. The van der Waals surface area contributed by atoms with Crippen LogP contribution in [0.15, 0.2) is 18.2 Å². The number of hydrogen-bond donors (Lipinski definition) is 1. The number of fused-ring (bicyclic) bond motifs is 1. The zero-order chi connectivity index (χ0) is 23.5. The summed E-state index contributed by atoms with van der Waals surface area (Å²) in [5.41, 5.74) is 1.76. The Bertz CT molecular complexity index is 1070. The van der Waals surface area contributed by atoms with Gasteiger partial charge in [0.2, 0.25) is 5.82 Å². The second-order valence-electron chi connectivity index (χ2n) is 9.37. The Morgan fingerprint density at radius 3 is 2.58 bits per heavy atom. The smallest absolute Gasteiger partial charge is 0.451 e. The highest BCUT2D eigenvalue weighted by atomic mass is 35.5. The van der Waals surface area contributed by atoms with E-state index in [4.69, 9.17) is 16.3 Å². The summed E-state index contributed by atoms with van der Waals surface area (Å²) in [5, 5.41) is 11.5. The average molecular weight is 483 g/mol. The molecule has 0 saturated carbocycles. The van der Waals surface area contributed by atoms with Crippen molar-refractivity contribution in [1.29, 1.82) is 0 Å². The maximum absolute atomic E-state index is 13.3. The lowest BCUT2D eigenvalue weighted by Gasteiger charge is -2.41. The van der Waals surface area contributed by atoms with Gasteiger partial charge >= 0.3 is 6.18 Å². The largest absolute Gasteiger partial charge is 0.487 e. The number of hydrogen-bond acceptors (Lipinski definition) is 6. The van der Waals surface area contributed by atoms with Gasteiger partial charge in [-0.1, -0.05) is 11.6 Å². The summed E-state index contributed by atoms with van der Waals surface area (Å²) >= 11 is 6.13. The Morgan fingerprint density at radius 2 is 1.88 bits per heavy atom. The van der Waals surface area contributed by atoms with Crippen LogP contribution in [0.4, 0.5) is 19.0 Å². The molecule has 33 heavy (non-hydrogen) atoms. The van der Waals surface area contributed by atoms with Crippen molar-refractivity contribution in [2.75, 3.05) is 31.1 Å². The topological polar surface area (TPSA) is 61.7 Å². The predicted octanol–water partition coefficient (Wildman–Crippen LogP) is 3.78. The molecule has 4 heterocycles. The molecule has 10 heteroatoms. The first-order chi connectivity index (χ1) is 15.5. The molecule has 178 valence electrons. The molecule has 0 radical (unpaired) electrons. The van der Waals surface area contributed by atoms with E-state index in [0.717, 1.165) is 43.7 Å². The van der Waals surface area contributed by atoms with Crippen LogP contribution < -0.4 is 9.64 Å². The highest BCUT2D eigenvalue weighted by molar-refractivity contribution is 6.30. The van der Waals surface area contributed by atoms with Gasteiger partial charge in [0.15, 0.2) is 0 Å².